The molecule has 0 bridgehead atoms. The summed E-state index contributed by atoms with van der Waals surface area (Å²) in [5, 5.41) is 5.31. The van der Waals surface area contributed by atoms with Crippen molar-refractivity contribution >= 4 is 34.2 Å². The number of methoxy groups -OCH3 is 1. The maximum Gasteiger partial charge on any atom is 0.189 e. The van der Waals surface area contributed by atoms with Crippen LogP contribution in [-0.4, -0.2) is 16.9 Å². The van der Waals surface area contributed by atoms with Crippen LogP contribution in [-0.2, 0) is 5.54 Å². The number of ether oxygens (including phenoxy) is 1. The van der Waals surface area contributed by atoms with E-state index in [0.717, 1.165) is 16.5 Å². The van der Waals surface area contributed by atoms with Crippen molar-refractivity contribution in [2.45, 2.75) is 84.1 Å². The predicted octanol–water partition coefficient (Wildman–Crippen LogP) is 6.42. The van der Waals surface area contributed by atoms with E-state index in [1.165, 1.54) is 44.9 Å². The van der Waals surface area contributed by atoms with Gasteiger partial charge in [-0.15, -0.1) is 0 Å². The summed E-state index contributed by atoms with van der Waals surface area (Å²) in [6.45, 7) is 6.77. The minimum atomic E-state index is -0.0178. The van der Waals surface area contributed by atoms with E-state index in [1.54, 1.807) is 7.11 Å². The molecule has 0 aliphatic carbocycles. The van der Waals surface area contributed by atoms with E-state index >= 15 is 0 Å². The third kappa shape index (κ3) is 5.29. The highest BCUT2D eigenvalue weighted by Crippen LogP contribution is 2.38. The Kier molecular flexibility index (Phi) is 9.14. The Bertz CT molecular complexity index is 450. The van der Waals surface area contributed by atoms with Crippen LogP contribution in [0.3, 0.4) is 0 Å². The van der Waals surface area contributed by atoms with E-state index in [4.69, 9.17) is 16.3 Å². The minimum absolute atomic E-state index is 0.0178. The van der Waals surface area contributed by atoms with Crippen molar-refractivity contribution in [1.82, 2.24) is 9.78 Å². The monoisotopic (exact) mass is 440 g/mol. The quantitative estimate of drug-likeness (QED) is 0.293. The maximum absolute atomic E-state index is 6.53. The number of nitrogens with zero attached hydrogens (tertiary/aromatic N) is 2. The summed E-state index contributed by atoms with van der Waals surface area (Å²) in [7, 11) is 1.66. The second-order valence-corrected chi connectivity index (χ2v) is 7.67. The molecule has 0 saturated carbocycles. The van der Waals surface area contributed by atoms with Gasteiger partial charge < -0.3 is 4.74 Å². The first-order valence-corrected chi connectivity index (χ1v) is 9.94. The molecule has 0 radical (unpaired) electrons. The molecule has 1 atom stereocenters. The zero-order valence-corrected chi connectivity index (χ0v) is 17.3. The van der Waals surface area contributed by atoms with Gasteiger partial charge >= 0.3 is 0 Å². The Balaban J connectivity index is 2.86. The van der Waals surface area contributed by atoms with Gasteiger partial charge in [0.1, 0.15) is 0 Å². The Labute approximate surface area is 154 Å². The van der Waals surface area contributed by atoms with Crippen molar-refractivity contribution in [2.75, 3.05) is 7.11 Å². The summed E-state index contributed by atoms with van der Waals surface area (Å²) in [6.07, 6.45) is 11.1. The first-order valence-electron chi connectivity index (χ1n) is 8.48. The molecule has 1 rings (SSSR count). The van der Waals surface area contributed by atoms with Crippen LogP contribution in [0.1, 0.15) is 78.6 Å². The molecule has 3 nitrogen and oxygen atoms in total. The lowest BCUT2D eigenvalue weighted by atomic mass is 9.88. The summed E-state index contributed by atoms with van der Waals surface area (Å²) >= 11 is 8.73. The molecule has 1 aromatic heterocycles. The standard InChI is InChI=1S/C17H30ClIN2O/c1-5-7-9-10-11-13-17(3,12-8-6-2)21-15(18)14(22-4)16(19)20-21/h5-13H2,1-4H3. The largest absolute Gasteiger partial charge is 0.491 e. The topological polar surface area (TPSA) is 27.1 Å². The molecule has 1 aromatic rings. The van der Waals surface area contributed by atoms with Crippen molar-refractivity contribution in [2.24, 2.45) is 0 Å². The highest BCUT2D eigenvalue weighted by molar-refractivity contribution is 14.1. The van der Waals surface area contributed by atoms with Crippen molar-refractivity contribution in [3.05, 3.63) is 8.85 Å². The fraction of sp³-hybridized carbons (Fsp3) is 0.824. The van der Waals surface area contributed by atoms with E-state index in [2.05, 4.69) is 48.5 Å². The molecule has 0 aliphatic heterocycles. The van der Waals surface area contributed by atoms with Gasteiger partial charge in [0, 0.05) is 0 Å². The number of aromatic nitrogens is 2. The zero-order chi connectivity index (χ0) is 16.6. The number of unbranched alkanes of at least 4 members (excludes halogenated alkanes) is 5. The number of hydrogen-bond donors (Lipinski definition) is 0. The van der Waals surface area contributed by atoms with Crippen LogP contribution >= 0.6 is 34.2 Å². The van der Waals surface area contributed by atoms with E-state index in [-0.39, 0.29) is 5.54 Å². The highest BCUT2D eigenvalue weighted by atomic mass is 127. The van der Waals surface area contributed by atoms with Crippen LogP contribution in [0, 0.1) is 3.70 Å². The first kappa shape index (κ1) is 20.1. The first-order chi connectivity index (χ1) is 10.5. The molecular weight excluding hydrogens is 411 g/mol. The van der Waals surface area contributed by atoms with Crippen molar-refractivity contribution in [3.63, 3.8) is 0 Å². The van der Waals surface area contributed by atoms with Crippen LogP contribution in [0.5, 0.6) is 5.75 Å². The molecule has 0 saturated heterocycles. The van der Waals surface area contributed by atoms with Gasteiger partial charge in [-0.1, -0.05) is 70.4 Å². The summed E-state index contributed by atoms with van der Waals surface area (Å²) in [5.41, 5.74) is -0.0178. The lowest BCUT2D eigenvalue weighted by Crippen LogP contribution is -2.31. The predicted molar refractivity (Wildman–Crippen MR) is 103 cm³/mol. The fourth-order valence-electron chi connectivity index (χ4n) is 2.89. The van der Waals surface area contributed by atoms with E-state index < -0.39 is 0 Å². The second-order valence-electron chi connectivity index (χ2n) is 6.29. The number of rotatable bonds is 11. The summed E-state index contributed by atoms with van der Waals surface area (Å²) < 4.78 is 8.24. The van der Waals surface area contributed by atoms with Gasteiger partial charge in [-0.05, 0) is 42.4 Å². The molecule has 128 valence electrons. The van der Waals surface area contributed by atoms with Gasteiger partial charge in [-0.2, -0.15) is 5.10 Å². The fourth-order valence-corrected chi connectivity index (χ4v) is 4.15. The van der Waals surface area contributed by atoms with Gasteiger partial charge in [-0.3, -0.25) is 0 Å². The normalized spacial score (nSPS) is 14.1. The maximum atomic E-state index is 6.53. The summed E-state index contributed by atoms with van der Waals surface area (Å²) in [5.74, 6) is 0.705. The highest BCUT2D eigenvalue weighted by Gasteiger charge is 2.31. The molecule has 0 fully saturated rings. The third-order valence-corrected chi connectivity index (χ3v) is 5.39. The third-order valence-electron chi connectivity index (χ3n) is 4.35. The molecule has 0 aromatic carbocycles. The van der Waals surface area contributed by atoms with Crippen molar-refractivity contribution in [3.8, 4) is 5.75 Å². The van der Waals surface area contributed by atoms with Crippen LogP contribution in [0.15, 0.2) is 0 Å². The number of hydrogen-bond acceptors (Lipinski definition) is 2. The van der Waals surface area contributed by atoms with Gasteiger partial charge in [0.25, 0.3) is 0 Å². The summed E-state index contributed by atoms with van der Waals surface area (Å²) in [6, 6.07) is 0. The van der Waals surface area contributed by atoms with Crippen LogP contribution in [0.2, 0.25) is 5.15 Å². The average Bonchev–Trinajstić information content (AvgIpc) is 2.80. The minimum Gasteiger partial charge on any atom is -0.491 e. The molecule has 0 amide bonds. The lowest BCUT2D eigenvalue weighted by Gasteiger charge is -2.31. The molecule has 5 heteroatoms. The average molecular weight is 441 g/mol. The van der Waals surface area contributed by atoms with Crippen LogP contribution < -0.4 is 4.74 Å². The van der Waals surface area contributed by atoms with Crippen molar-refractivity contribution < 1.29 is 4.74 Å². The Hall–Kier alpha value is 0.0300. The zero-order valence-electron chi connectivity index (χ0n) is 14.4. The van der Waals surface area contributed by atoms with Gasteiger partial charge in [0.05, 0.1) is 12.6 Å². The van der Waals surface area contributed by atoms with Gasteiger partial charge in [0.2, 0.25) is 0 Å². The van der Waals surface area contributed by atoms with Gasteiger partial charge in [0.15, 0.2) is 14.6 Å². The van der Waals surface area contributed by atoms with E-state index in [1.807, 2.05) is 4.68 Å². The SMILES string of the molecule is CCCCCCCC(C)(CCCC)n1nc(I)c(OC)c1Cl. The lowest BCUT2D eigenvalue weighted by molar-refractivity contribution is 0.228. The summed E-state index contributed by atoms with van der Waals surface area (Å²) in [4.78, 5) is 0. The van der Waals surface area contributed by atoms with Crippen LogP contribution in [0.4, 0.5) is 0 Å². The Morgan fingerprint density at radius 3 is 2.23 bits per heavy atom. The smallest absolute Gasteiger partial charge is 0.189 e. The molecule has 0 spiro atoms. The van der Waals surface area contributed by atoms with Crippen molar-refractivity contribution in [1.29, 1.82) is 0 Å². The Morgan fingerprint density at radius 2 is 1.68 bits per heavy atom. The van der Waals surface area contributed by atoms with E-state index in [9.17, 15) is 0 Å². The Morgan fingerprint density at radius 1 is 1.09 bits per heavy atom. The molecule has 1 heterocycles. The molecule has 0 N–H and O–H groups in total. The molecule has 1 unspecified atom stereocenters. The van der Waals surface area contributed by atoms with Crippen LogP contribution in [0.25, 0.3) is 0 Å². The molecule has 22 heavy (non-hydrogen) atoms. The molecule has 0 aliphatic rings. The van der Waals surface area contributed by atoms with E-state index in [0.29, 0.717) is 10.9 Å². The number of halogens is 2. The molecular formula is C17H30ClIN2O. The van der Waals surface area contributed by atoms with Gasteiger partial charge in [-0.25, -0.2) is 4.68 Å². The second kappa shape index (κ2) is 10.0.